The molecule has 0 N–H and O–H groups in total. The zero-order valence-electron chi connectivity index (χ0n) is 15.7. The summed E-state index contributed by atoms with van der Waals surface area (Å²) in [6, 6.07) is 15.4. The minimum atomic E-state index is -3.66. The van der Waals surface area contributed by atoms with E-state index in [4.69, 9.17) is 4.74 Å². The molecule has 0 aromatic heterocycles. The Labute approximate surface area is 169 Å². The molecule has 2 aliphatic rings. The third-order valence-corrected chi connectivity index (χ3v) is 6.51. The zero-order chi connectivity index (χ0) is 20.4. The highest BCUT2D eigenvalue weighted by Crippen LogP contribution is 2.29. The van der Waals surface area contributed by atoms with Crippen LogP contribution in [0.1, 0.15) is 28.8 Å². The van der Waals surface area contributed by atoms with Crippen molar-refractivity contribution in [3.05, 3.63) is 65.7 Å². The van der Waals surface area contributed by atoms with Gasteiger partial charge in [-0.25, -0.2) is 0 Å². The summed E-state index contributed by atoms with van der Waals surface area (Å²) >= 11 is 0. The van der Waals surface area contributed by atoms with Crippen molar-refractivity contribution in [3.63, 3.8) is 0 Å². The largest absolute Gasteiger partial charge is 0.457 e. The first-order valence-electron chi connectivity index (χ1n) is 9.40. The third kappa shape index (κ3) is 3.93. The molecule has 1 fully saturated rings. The molecule has 0 spiro atoms. The fraction of sp³-hybridized carbons (Fsp3) is 0.286. The smallest absolute Gasteiger partial charge is 0.309 e. The number of sulfonamides is 1. The number of likely N-dealkylation sites (tertiary alicyclic amines) is 1. The molecule has 29 heavy (non-hydrogen) atoms. The Hall–Kier alpha value is -3.00. The Bertz CT molecular complexity index is 1070. The molecule has 0 unspecified atom stereocenters. The third-order valence-electron chi connectivity index (χ3n) is 5.18. The van der Waals surface area contributed by atoms with E-state index in [9.17, 15) is 18.0 Å². The number of rotatable bonds is 4. The molecular formula is C21H20N2O5S. The number of ether oxygens (including phenoxy) is 1. The van der Waals surface area contributed by atoms with E-state index in [1.54, 1.807) is 48.5 Å². The van der Waals surface area contributed by atoms with Gasteiger partial charge in [-0.05, 0) is 25.0 Å². The van der Waals surface area contributed by atoms with Crippen LogP contribution in [0.25, 0.3) is 0 Å². The number of fused-ring (bicyclic) bond motifs is 1. The molecule has 4 rings (SSSR count). The van der Waals surface area contributed by atoms with Gasteiger partial charge in [0.25, 0.3) is 10.0 Å². The van der Waals surface area contributed by atoms with Gasteiger partial charge in [-0.2, -0.15) is 8.42 Å². The van der Waals surface area contributed by atoms with Crippen LogP contribution in [0.2, 0.25) is 0 Å². The van der Waals surface area contributed by atoms with Crippen molar-refractivity contribution < 1.29 is 22.7 Å². The molecule has 0 radical (unpaired) electrons. The number of esters is 1. The Morgan fingerprint density at radius 3 is 2.38 bits per heavy atom. The molecule has 2 aromatic carbocycles. The normalized spacial score (nSPS) is 18.1. The highest BCUT2D eigenvalue weighted by atomic mass is 32.2. The van der Waals surface area contributed by atoms with Gasteiger partial charge in [0.05, 0.1) is 5.92 Å². The molecule has 0 saturated carbocycles. The van der Waals surface area contributed by atoms with Crippen LogP contribution in [0.5, 0.6) is 0 Å². The average molecular weight is 412 g/mol. The number of nitrogens with zero attached hydrogens (tertiary/aromatic N) is 2. The van der Waals surface area contributed by atoms with Crippen molar-refractivity contribution in [2.45, 2.75) is 17.7 Å². The number of hydrogen-bond donors (Lipinski definition) is 0. The van der Waals surface area contributed by atoms with Gasteiger partial charge in [0, 0.05) is 24.2 Å². The number of benzene rings is 2. The maximum atomic E-state index is 12.3. The summed E-state index contributed by atoms with van der Waals surface area (Å²) in [6.45, 7) is 0.714. The molecule has 8 heteroatoms. The second kappa shape index (κ2) is 7.79. The van der Waals surface area contributed by atoms with E-state index in [-0.39, 0.29) is 23.2 Å². The Balaban J connectivity index is 1.34. The summed E-state index contributed by atoms with van der Waals surface area (Å²) < 4.78 is 33.6. The van der Waals surface area contributed by atoms with E-state index in [1.165, 1.54) is 0 Å². The Kier molecular flexibility index (Phi) is 5.19. The number of piperidine rings is 1. The number of Topliss-reactive ketones (excluding diaryl/α,β-unsaturated/α-hetero) is 1. The number of hydrogen-bond acceptors (Lipinski definition) is 6. The molecule has 2 heterocycles. The predicted octanol–water partition coefficient (Wildman–Crippen LogP) is 2.27. The minimum absolute atomic E-state index is 0.218. The number of carbonyl (C=O) groups is 2. The lowest BCUT2D eigenvalue weighted by Crippen LogP contribution is -2.40. The average Bonchev–Trinajstić information content (AvgIpc) is 3.04. The summed E-state index contributed by atoms with van der Waals surface area (Å²) in [5, 5.41) is 0. The molecular weight excluding hydrogens is 392 g/mol. The number of amidine groups is 1. The van der Waals surface area contributed by atoms with E-state index >= 15 is 0 Å². The second-order valence-electron chi connectivity index (χ2n) is 7.04. The highest BCUT2D eigenvalue weighted by molar-refractivity contribution is 7.90. The van der Waals surface area contributed by atoms with Gasteiger partial charge in [0.1, 0.15) is 4.90 Å². The lowest BCUT2D eigenvalue weighted by molar-refractivity contribution is -0.148. The SMILES string of the molecule is O=C(COC(=O)C1CCN(C2=NS(=O)(=O)c3ccccc32)CC1)c1ccccc1. The molecule has 2 aromatic rings. The molecule has 150 valence electrons. The van der Waals surface area contributed by atoms with Crippen molar-refractivity contribution in [2.75, 3.05) is 19.7 Å². The van der Waals surface area contributed by atoms with Gasteiger partial charge in [0.2, 0.25) is 0 Å². The first kappa shape index (κ1) is 19.3. The Morgan fingerprint density at radius 1 is 1.00 bits per heavy atom. The van der Waals surface area contributed by atoms with Gasteiger partial charge in [-0.1, -0.05) is 42.5 Å². The molecule has 0 aliphatic carbocycles. The van der Waals surface area contributed by atoms with E-state index in [2.05, 4.69) is 4.40 Å². The summed E-state index contributed by atoms with van der Waals surface area (Å²) in [5.41, 5.74) is 1.11. The minimum Gasteiger partial charge on any atom is -0.457 e. The summed E-state index contributed by atoms with van der Waals surface area (Å²) in [4.78, 5) is 26.5. The molecule has 7 nitrogen and oxygen atoms in total. The fourth-order valence-electron chi connectivity index (χ4n) is 3.61. The molecule has 0 atom stereocenters. The zero-order valence-corrected chi connectivity index (χ0v) is 16.5. The first-order valence-corrected chi connectivity index (χ1v) is 10.8. The summed E-state index contributed by atoms with van der Waals surface area (Å²) in [6.07, 6.45) is 1.03. The van der Waals surface area contributed by atoms with Gasteiger partial charge in [0.15, 0.2) is 18.2 Å². The predicted molar refractivity (Wildman–Crippen MR) is 106 cm³/mol. The van der Waals surface area contributed by atoms with Crippen LogP contribution < -0.4 is 0 Å². The summed E-state index contributed by atoms with van der Waals surface area (Å²) in [5.74, 6) is -0.510. The number of ketones is 1. The van der Waals surface area contributed by atoms with Crippen LogP contribution in [0.3, 0.4) is 0 Å². The molecule has 0 amide bonds. The van der Waals surface area contributed by atoms with Crippen molar-refractivity contribution in [2.24, 2.45) is 10.3 Å². The lowest BCUT2D eigenvalue weighted by atomic mass is 9.96. The van der Waals surface area contributed by atoms with Crippen LogP contribution in [-0.2, 0) is 19.6 Å². The van der Waals surface area contributed by atoms with Crippen LogP contribution in [-0.4, -0.2) is 50.6 Å². The van der Waals surface area contributed by atoms with Crippen molar-refractivity contribution in [1.82, 2.24) is 4.90 Å². The van der Waals surface area contributed by atoms with Gasteiger partial charge in [-0.3, -0.25) is 9.59 Å². The standard InChI is InChI=1S/C21H20N2O5S/c24-18(15-6-2-1-3-7-15)14-28-21(25)16-10-12-23(13-11-16)20-17-8-4-5-9-19(17)29(26,27)22-20/h1-9,16H,10-14H2. The maximum absolute atomic E-state index is 12.3. The topological polar surface area (TPSA) is 93.1 Å². The van der Waals surface area contributed by atoms with Crippen molar-refractivity contribution in [1.29, 1.82) is 0 Å². The summed E-state index contributed by atoms with van der Waals surface area (Å²) in [7, 11) is -3.66. The van der Waals surface area contributed by atoms with Gasteiger partial charge < -0.3 is 9.64 Å². The quantitative estimate of drug-likeness (QED) is 0.565. The van der Waals surface area contributed by atoms with Crippen LogP contribution >= 0.6 is 0 Å². The van der Waals surface area contributed by atoms with Crippen molar-refractivity contribution in [3.8, 4) is 0 Å². The van der Waals surface area contributed by atoms with Gasteiger partial charge in [-0.15, -0.1) is 4.40 Å². The molecule has 1 saturated heterocycles. The number of carbonyl (C=O) groups excluding carboxylic acids is 2. The molecule has 2 aliphatic heterocycles. The van der Waals surface area contributed by atoms with Crippen LogP contribution in [0.4, 0.5) is 0 Å². The second-order valence-corrected chi connectivity index (χ2v) is 8.62. The monoisotopic (exact) mass is 412 g/mol. The maximum Gasteiger partial charge on any atom is 0.309 e. The van der Waals surface area contributed by atoms with Crippen LogP contribution in [0, 0.1) is 5.92 Å². The van der Waals surface area contributed by atoms with E-state index < -0.39 is 16.0 Å². The fourth-order valence-corrected chi connectivity index (χ4v) is 4.83. The van der Waals surface area contributed by atoms with E-state index in [0.29, 0.717) is 42.9 Å². The van der Waals surface area contributed by atoms with E-state index in [1.807, 2.05) is 11.0 Å². The Morgan fingerprint density at radius 2 is 1.66 bits per heavy atom. The molecule has 0 bridgehead atoms. The first-order chi connectivity index (χ1) is 14.0. The van der Waals surface area contributed by atoms with Crippen LogP contribution in [0.15, 0.2) is 63.9 Å². The lowest BCUT2D eigenvalue weighted by Gasteiger charge is -2.32. The highest BCUT2D eigenvalue weighted by Gasteiger charge is 2.34. The van der Waals surface area contributed by atoms with E-state index in [0.717, 1.165) is 0 Å². The van der Waals surface area contributed by atoms with Crippen molar-refractivity contribution >= 4 is 27.6 Å². The van der Waals surface area contributed by atoms with Gasteiger partial charge >= 0.3 is 5.97 Å².